The Morgan fingerprint density at radius 2 is 1.84 bits per heavy atom. The Hall–Kier alpha value is -1.92. The molecule has 0 aliphatic carbocycles. The van der Waals surface area contributed by atoms with Crippen LogP contribution in [-0.2, 0) is 0 Å². The smallest absolute Gasteiger partial charge is 0.258 e. The fourth-order valence-electron chi connectivity index (χ4n) is 2.52. The van der Waals surface area contributed by atoms with Gasteiger partial charge in [0.15, 0.2) is 0 Å². The second-order valence-corrected chi connectivity index (χ2v) is 7.05. The summed E-state index contributed by atoms with van der Waals surface area (Å²) in [5, 5.41) is 2.64. The standard InChI is InChI=1S/C18H17BrClFN2O2/c1-8(2)10-6-4-5-7-11(10)23-18(25)12-13(17(22)24)16(21)9(3)14(19)15(12)20/h4-8H,1-3H3,(H2,22,24)(H,23,25). The number of halogens is 3. The molecule has 0 aliphatic rings. The van der Waals surface area contributed by atoms with Gasteiger partial charge in [-0.05, 0) is 40.4 Å². The Bertz CT molecular complexity index is 869. The first-order chi connectivity index (χ1) is 11.7. The van der Waals surface area contributed by atoms with E-state index in [1.807, 2.05) is 26.0 Å². The molecule has 3 N–H and O–H groups in total. The number of carbonyl (C=O) groups excluding carboxylic acids is 2. The number of amides is 2. The Balaban J connectivity index is 2.60. The topological polar surface area (TPSA) is 72.2 Å². The van der Waals surface area contributed by atoms with Gasteiger partial charge in [-0.3, -0.25) is 9.59 Å². The lowest BCUT2D eigenvalue weighted by Gasteiger charge is -2.17. The first-order valence-corrected chi connectivity index (χ1v) is 8.71. The van der Waals surface area contributed by atoms with Crippen molar-refractivity contribution in [2.24, 2.45) is 5.73 Å². The zero-order valence-electron chi connectivity index (χ0n) is 13.9. The molecule has 0 saturated heterocycles. The van der Waals surface area contributed by atoms with Gasteiger partial charge in [0.1, 0.15) is 5.82 Å². The number of carbonyl (C=O) groups is 2. The zero-order chi connectivity index (χ0) is 18.9. The third-order valence-corrected chi connectivity index (χ3v) is 5.44. The SMILES string of the molecule is Cc1c(F)c(C(N)=O)c(C(=O)Nc2ccccc2C(C)C)c(Cl)c1Br. The summed E-state index contributed by atoms with van der Waals surface area (Å²) >= 11 is 9.35. The van der Waals surface area contributed by atoms with E-state index in [2.05, 4.69) is 21.2 Å². The van der Waals surface area contributed by atoms with Crippen LogP contribution in [0.3, 0.4) is 0 Å². The highest BCUT2D eigenvalue weighted by molar-refractivity contribution is 9.10. The molecule has 2 rings (SSSR count). The predicted molar refractivity (Wildman–Crippen MR) is 101 cm³/mol. The highest BCUT2D eigenvalue weighted by Gasteiger charge is 2.28. The van der Waals surface area contributed by atoms with Crippen molar-refractivity contribution >= 4 is 45.0 Å². The lowest BCUT2D eigenvalue weighted by atomic mass is 9.99. The number of nitrogens with one attached hydrogen (secondary N) is 1. The van der Waals surface area contributed by atoms with Crippen LogP contribution in [-0.4, -0.2) is 11.8 Å². The molecule has 0 spiro atoms. The highest BCUT2D eigenvalue weighted by atomic mass is 79.9. The molecule has 0 unspecified atom stereocenters. The van der Waals surface area contributed by atoms with Gasteiger partial charge in [0.2, 0.25) is 0 Å². The minimum Gasteiger partial charge on any atom is -0.365 e. The van der Waals surface area contributed by atoms with Crippen LogP contribution in [0, 0.1) is 12.7 Å². The van der Waals surface area contributed by atoms with Crippen molar-refractivity contribution in [2.45, 2.75) is 26.7 Å². The third-order valence-electron chi connectivity index (χ3n) is 3.84. The normalized spacial score (nSPS) is 10.8. The van der Waals surface area contributed by atoms with Crippen LogP contribution >= 0.6 is 27.5 Å². The van der Waals surface area contributed by atoms with Gasteiger partial charge in [0.05, 0.1) is 16.1 Å². The van der Waals surface area contributed by atoms with E-state index >= 15 is 0 Å². The molecule has 7 heteroatoms. The lowest BCUT2D eigenvalue weighted by molar-refractivity contribution is 0.0973. The van der Waals surface area contributed by atoms with Gasteiger partial charge < -0.3 is 11.1 Å². The van der Waals surface area contributed by atoms with Gasteiger partial charge in [-0.1, -0.05) is 43.6 Å². The highest BCUT2D eigenvalue weighted by Crippen LogP contribution is 2.35. The van der Waals surface area contributed by atoms with Crippen LogP contribution in [0.1, 0.15) is 51.6 Å². The van der Waals surface area contributed by atoms with E-state index in [0.717, 1.165) is 5.56 Å². The van der Waals surface area contributed by atoms with E-state index in [-0.39, 0.29) is 26.5 Å². The number of benzene rings is 2. The van der Waals surface area contributed by atoms with E-state index in [1.54, 1.807) is 12.1 Å². The van der Waals surface area contributed by atoms with Gasteiger partial charge in [-0.15, -0.1) is 0 Å². The van der Waals surface area contributed by atoms with Gasteiger partial charge in [0, 0.05) is 15.7 Å². The maximum atomic E-state index is 14.5. The van der Waals surface area contributed by atoms with Crippen LogP contribution in [0.4, 0.5) is 10.1 Å². The molecule has 0 aromatic heterocycles. The molecule has 0 heterocycles. The number of primary amides is 1. The van der Waals surface area contributed by atoms with Gasteiger partial charge in [-0.25, -0.2) is 4.39 Å². The van der Waals surface area contributed by atoms with E-state index in [1.165, 1.54) is 6.92 Å². The monoisotopic (exact) mass is 426 g/mol. The summed E-state index contributed by atoms with van der Waals surface area (Å²) in [5.74, 6) is -2.47. The quantitative estimate of drug-likeness (QED) is 0.672. The Labute approximate surface area is 158 Å². The predicted octanol–water partition coefficient (Wildman–Crippen LogP) is 5.02. The van der Waals surface area contributed by atoms with Gasteiger partial charge in [0.25, 0.3) is 11.8 Å². The molecule has 2 aromatic rings. The van der Waals surface area contributed by atoms with E-state index < -0.39 is 23.2 Å². The summed E-state index contributed by atoms with van der Waals surface area (Å²) < 4.78 is 14.7. The molecular weight excluding hydrogens is 411 g/mol. The molecule has 4 nitrogen and oxygen atoms in total. The molecule has 0 saturated carbocycles. The molecule has 25 heavy (non-hydrogen) atoms. The Kier molecular flexibility index (Phi) is 5.85. The van der Waals surface area contributed by atoms with E-state index in [0.29, 0.717) is 5.69 Å². The van der Waals surface area contributed by atoms with E-state index in [4.69, 9.17) is 17.3 Å². The summed E-state index contributed by atoms with van der Waals surface area (Å²) in [7, 11) is 0. The largest absolute Gasteiger partial charge is 0.365 e. The fourth-order valence-corrected chi connectivity index (χ4v) is 3.22. The Morgan fingerprint density at radius 3 is 2.40 bits per heavy atom. The van der Waals surface area contributed by atoms with Crippen molar-refractivity contribution in [1.29, 1.82) is 0 Å². The number of rotatable bonds is 4. The molecule has 0 fully saturated rings. The van der Waals surface area contributed by atoms with Crippen molar-refractivity contribution in [3.8, 4) is 0 Å². The molecule has 0 atom stereocenters. The van der Waals surface area contributed by atoms with Crippen molar-refractivity contribution in [2.75, 3.05) is 5.32 Å². The molecule has 2 aromatic carbocycles. The summed E-state index contributed by atoms with van der Waals surface area (Å²) in [4.78, 5) is 24.5. The minimum absolute atomic E-state index is 0.0628. The van der Waals surface area contributed by atoms with Crippen LogP contribution in [0.5, 0.6) is 0 Å². The summed E-state index contributed by atoms with van der Waals surface area (Å²) in [6.07, 6.45) is 0. The number of hydrogen-bond donors (Lipinski definition) is 2. The van der Waals surface area contributed by atoms with Gasteiger partial charge in [-0.2, -0.15) is 0 Å². The van der Waals surface area contributed by atoms with Crippen molar-refractivity contribution in [1.82, 2.24) is 0 Å². The van der Waals surface area contributed by atoms with Gasteiger partial charge >= 0.3 is 0 Å². The first-order valence-electron chi connectivity index (χ1n) is 7.53. The molecule has 0 bridgehead atoms. The molecular formula is C18H17BrClFN2O2. The van der Waals surface area contributed by atoms with Crippen molar-refractivity contribution in [3.05, 3.63) is 61.8 Å². The van der Waals surface area contributed by atoms with Crippen LogP contribution in [0.2, 0.25) is 5.02 Å². The number of nitrogens with two attached hydrogens (primary N) is 1. The Morgan fingerprint density at radius 1 is 1.24 bits per heavy atom. The summed E-state index contributed by atoms with van der Waals surface area (Å²) in [5.41, 5.74) is 6.04. The number of para-hydroxylation sites is 1. The minimum atomic E-state index is -1.06. The second-order valence-electron chi connectivity index (χ2n) is 5.88. The fraction of sp³-hybridized carbons (Fsp3) is 0.222. The second kappa shape index (κ2) is 7.54. The summed E-state index contributed by atoms with van der Waals surface area (Å²) in [6, 6.07) is 7.23. The maximum Gasteiger partial charge on any atom is 0.258 e. The average molecular weight is 428 g/mol. The third kappa shape index (κ3) is 3.70. The number of hydrogen-bond acceptors (Lipinski definition) is 2. The average Bonchev–Trinajstić information content (AvgIpc) is 2.55. The van der Waals surface area contributed by atoms with Crippen LogP contribution in [0.25, 0.3) is 0 Å². The van der Waals surface area contributed by atoms with E-state index in [9.17, 15) is 14.0 Å². The van der Waals surface area contributed by atoms with Crippen LogP contribution in [0.15, 0.2) is 28.7 Å². The molecule has 0 radical (unpaired) electrons. The zero-order valence-corrected chi connectivity index (χ0v) is 16.3. The molecule has 2 amide bonds. The molecule has 0 aliphatic heterocycles. The summed E-state index contributed by atoms with van der Waals surface area (Å²) in [6.45, 7) is 5.40. The van der Waals surface area contributed by atoms with Crippen molar-refractivity contribution in [3.63, 3.8) is 0 Å². The molecule has 132 valence electrons. The van der Waals surface area contributed by atoms with Crippen molar-refractivity contribution < 1.29 is 14.0 Å². The van der Waals surface area contributed by atoms with Crippen LogP contribution < -0.4 is 11.1 Å². The maximum absolute atomic E-state index is 14.5. The lowest BCUT2D eigenvalue weighted by Crippen LogP contribution is -2.24. The first kappa shape index (κ1) is 19.4. The number of anilines is 1.